The maximum absolute atomic E-state index is 12.8. The summed E-state index contributed by atoms with van der Waals surface area (Å²) in [6.07, 6.45) is 0.552. The summed E-state index contributed by atoms with van der Waals surface area (Å²) >= 11 is 0. The molecule has 1 aromatic heterocycles. The van der Waals surface area contributed by atoms with Gasteiger partial charge in [0.25, 0.3) is 0 Å². The molecule has 0 saturated carbocycles. The van der Waals surface area contributed by atoms with Crippen LogP contribution in [0.1, 0.15) is 46.3 Å². The van der Waals surface area contributed by atoms with E-state index in [4.69, 9.17) is 9.63 Å². The number of nitrogens with zero attached hydrogens (tertiary/aromatic N) is 1. The molecule has 1 saturated heterocycles. The topological polar surface area (TPSA) is 151 Å². The van der Waals surface area contributed by atoms with E-state index in [1.165, 1.54) is 12.1 Å². The van der Waals surface area contributed by atoms with Crippen LogP contribution in [0.2, 0.25) is 0 Å². The van der Waals surface area contributed by atoms with E-state index in [1.54, 1.807) is 24.3 Å². The molecule has 1 aliphatic heterocycles. The molecule has 10 nitrogen and oxygen atoms in total. The van der Waals surface area contributed by atoms with Crippen molar-refractivity contribution in [2.45, 2.75) is 32.2 Å². The van der Waals surface area contributed by atoms with Crippen LogP contribution in [0.5, 0.6) is 0 Å². The fourth-order valence-electron chi connectivity index (χ4n) is 4.03. The molecule has 10 heteroatoms. The van der Waals surface area contributed by atoms with Crippen LogP contribution in [-0.4, -0.2) is 40.4 Å². The average molecular weight is 491 g/mol. The van der Waals surface area contributed by atoms with Gasteiger partial charge in [0, 0.05) is 41.9 Å². The second-order valence-corrected chi connectivity index (χ2v) is 8.67. The first-order chi connectivity index (χ1) is 17.3. The zero-order valence-electron chi connectivity index (χ0n) is 19.6. The van der Waals surface area contributed by atoms with E-state index in [0.29, 0.717) is 35.8 Å². The summed E-state index contributed by atoms with van der Waals surface area (Å²) in [6.45, 7) is 2.21. The molecule has 0 aliphatic carbocycles. The maximum atomic E-state index is 12.8. The van der Waals surface area contributed by atoms with Crippen molar-refractivity contribution in [3.05, 3.63) is 77.2 Å². The number of hydrogen-bond donors (Lipinski definition) is 4. The third-order valence-corrected chi connectivity index (χ3v) is 6.04. The third-order valence-electron chi connectivity index (χ3n) is 6.04. The fourth-order valence-corrected chi connectivity index (χ4v) is 4.03. The number of anilines is 2. The number of ketones is 2. The molecule has 2 amide bonds. The smallest absolute Gasteiger partial charge is 0.323 e. The highest BCUT2D eigenvalue weighted by Gasteiger charge is 2.35. The molecule has 1 fully saturated rings. The van der Waals surface area contributed by atoms with Gasteiger partial charge in [-0.1, -0.05) is 23.4 Å². The van der Waals surface area contributed by atoms with Crippen LogP contribution in [0, 0.1) is 12.8 Å². The van der Waals surface area contributed by atoms with E-state index < -0.39 is 29.5 Å². The standard InChI is InChI=1S/C26H26N4O6/c1-15-4-2-3-5-20(15)29-26(35)28-18-8-6-16(7-9-18)24(33)25(34)17-12-21(27-14-17)22-13-19(36-30-22)10-11-23(31)32/h2-9,13,17,21,27H,10-12,14H2,1H3,(H,31,32)(H2,28,29,35). The first-order valence-corrected chi connectivity index (χ1v) is 11.5. The van der Waals surface area contributed by atoms with Gasteiger partial charge in [0.15, 0.2) is 0 Å². The molecule has 4 rings (SSSR count). The Morgan fingerprint density at radius 1 is 1.08 bits per heavy atom. The number of aromatic nitrogens is 1. The molecule has 2 atom stereocenters. The number of Topliss-reactive ketones (excluding diaryl/α,β-unsaturated/α-hetero) is 2. The van der Waals surface area contributed by atoms with E-state index >= 15 is 0 Å². The Morgan fingerprint density at radius 2 is 1.83 bits per heavy atom. The van der Waals surface area contributed by atoms with Gasteiger partial charge in [0.2, 0.25) is 11.6 Å². The summed E-state index contributed by atoms with van der Waals surface area (Å²) in [5, 5.41) is 21.4. The monoisotopic (exact) mass is 490 g/mol. The van der Waals surface area contributed by atoms with E-state index in [2.05, 4.69) is 21.1 Å². The van der Waals surface area contributed by atoms with Gasteiger partial charge in [-0.25, -0.2) is 4.79 Å². The molecule has 186 valence electrons. The lowest BCUT2D eigenvalue weighted by Crippen LogP contribution is -2.25. The molecule has 2 unspecified atom stereocenters. The fraction of sp³-hybridized carbons (Fsp3) is 0.269. The minimum atomic E-state index is -0.925. The van der Waals surface area contributed by atoms with Crippen molar-refractivity contribution in [1.29, 1.82) is 0 Å². The molecule has 0 radical (unpaired) electrons. The van der Waals surface area contributed by atoms with Crippen LogP contribution in [0.15, 0.2) is 59.1 Å². The summed E-state index contributed by atoms with van der Waals surface area (Å²) in [4.78, 5) is 48.6. The van der Waals surface area contributed by atoms with Gasteiger partial charge in [-0.15, -0.1) is 0 Å². The number of rotatable bonds is 9. The number of hydrogen-bond acceptors (Lipinski definition) is 7. The number of carboxylic acids is 1. The first-order valence-electron chi connectivity index (χ1n) is 11.5. The van der Waals surface area contributed by atoms with E-state index in [0.717, 1.165) is 5.56 Å². The molecule has 1 aliphatic rings. The second kappa shape index (κ2) is 11.0. The Bertz CT molecular complexity index is 1280. The summed E-state index contributed by atoms with van der Waals surface area (Å²) in [7, 11) is 0. The van der Waals surface area contributed by atoms with Gasteiger partial charge < -0.3 is 25.6 Å². The van der Waals surface area contributed by atoms with E-state index in [1.807, 2.05) is 25.1 Å². The van der Waals surface area contributed by atoms with Gasteiger partial charge in [-0.05, 0) is 49.2 Å². The lowest BCUT2D eigenvalue weighted by Gasteiger charge is -2.10. The zero-order valence-corrected chi connectivity index (χ0v) is 19.6. The van der Waals surface area contributed by atoms with Crippen LogP contribution in [0.4, 0.5) is 16.2 Å². The van der Waals surface area contributed by atoms with Gasteiger partial charge in [0.05, 0.1) is 12.5 Å². The van der Waals surface area contributed by atoms with Crippen molar-refractivity contribution < 1.29 is 28.8 Å². The van der Waals surface area contributed by atoms with Crippen LogP contribution in [0.25, 0.3) is 0 Å². The first kappa shape index (κ1) is 24.8. The molecular formula is C26H26N4O6. The predicted octanol–water partition coefficient (Wildman–Crippen LogP) is 3.75. The molecular weight excluding hydrogens is 464 g/mol. The maximum Gasteiger partial charge on any atom is 0.323 e. The number of carbonyl (C=O) groups is 4. The molecule has 36 heavy (non-hydrogen) atoms. The Labute approximate surface area is 207 Å². The minimum Gasteiger partial charge on any atom is -0.481 e. The van der Waals surface area contributed by atoms with Crippen LogP contribution < -0.4 is 16.0 Å². The largest absolute Gasteiger partial charge is 0.481 e. The number of carboxylic acid groups (broad SMARTS) is 1. The third kappa shape index (κ3) is 6.02. The van der Waals surface area contributed by atoms with Crippen LogP contribution in [-0.2, 0) is 16.0 Å². The minimum absolute atomic E-state index is 0.0615. The number of aliphatic carboxylic acids is 1. The zero-order chi connectivity index (χ0) is 25.7. The van der Waals surface area contributed by atoms with Gasteiger partial charge in [-0.2, -0.15) is 0 Å². The van der Waals surface area contributed by atoms with Crippen LogP contribution in [0.3, 0.4) is 0 Å². The highest BCUT2D eigenvalue weighted by Crippen LogP contribution is 2.28. The average Bonchev–Trinajstić information content (AvgIpc) is 3.54. The van der Waals surface area contributed by atoms with Crippen molar-refractivity contribution in [2.75, 3.05) is 17.2 Å². The Kier molecular flexibility index (Phi) is 7.55. The number of carbonyl (C=O) groups excluding carboxylic acids is 3. The number of amides is 2. The number of nitrogens with one attached hydrogen (secondary N) is 3. The highest BCUT2D eigenvalue weighted by atomic mass is 16.5. The summed E-state index contributed by atoms with van der Waals surface area (Å²) in [5.41, 5.74) is 2.93. The Morgan fingerprint density at radius 3 is 2.56 bits per heavy atom. The SMILES string of the molecule is Cc1ccccc1NC(=O)Nc1ccc(C(=O)C(=O)C2CNC(c3cc(CCC(=O)O)on3)C2)cc1. The van der Waals surface area contributed by atoms with Crippen molar-refractivity contribution in [3.8, 4) is 0 Å². The van der Waals surface area contributed by atoms with Gasteiger partial charge in [0.1, 0.15) is 11.5 Å². The molecule has 2 heterocycles. The highest BCUT2D eigenvalue weighted by molar-refractivity contribution is 6.44. The van der Waals surface area contributed by atoms with E-state index in [-0.39, 0.29) is 24.4 Å². The molecule has 0 bridgehead atoms. The lowest BCUT2D eigenvalue weighted by atomic mass is 9.93. The van der Waals surface area contributed by atoms with Gasteiger partial charge in [-0.3, -0.25) is 14.4 Å². The van der Waals surface area contributed by atoms with Crippen molar-refractivity contribution in [3.63, 3.8) is 0 Å². The molecule has 2 aromatic carbocycles. The van der Waals surface area contributed by atoms with E-state index in [9.17, 15) is 19.2 Å². The number of para-hydroxylation sites is 1. The number of urea groups is 1. The van der Waals surface area contributed by atoms with Crippen molar-refractivity contribution in [1.82, 2.24) is 10.5 Å². The van der Waals surface area contributed by atoms with Crippen molar-refractivity contribution in [2.24, 2.45) is 5.92 Å². The second-order valence-electron chi connectivity index (χ2n) is 8.67. The Hall–Kier alpha value is -4.31. The Balaban J connectivity index is 1.31. The predicted molar refractivity (Wildman–Crippen MR) is 131 cm³/mol. The molecule has 4 N–H and O–H groups in total. The lowest BCUT2D eigenvalue weighted by molar-refractivity contribution is -0.137. The molecule has 3 aromatic rings. The van der Waals surface area contributed by atoms with Crippen molar-refractivity contribution >= 4 is 34.9 Å². The number of benzene rings is 2. The van der Waals surface area contributed by atoms with Crippen LogP contribution >= 0.6 is 0 Å². The summed E-state index contributed by atoms with van der Waals surface area (Å²) < 4.78 is 5.18. The quantitative estimate of drug-likeness (QED) is 0.262. The summed E-state index contributed by atoms with van der Waals surface area (Å²) in [6, 6.07) is 14.6. The summed E-state index contributed by atoms with van der Waals surface area (Å²) in [5.74, 6) is -2.08. The number of aryl methyl sites for hydroxylation is 2. The van der Waals surface area contributed by atoms with Gasteiger partial charge >= 0.3 is 12.0 Å². The molecule has 0 spiro atoms. The normalized spacial score (nSPS) is 16.9.